The molecule has 2 saturated carbocycles. The molecule has 0 unspecified atom stereocenters. The van der Waals surface area contributed by atoms with Crippen LogP contribution in [0.2, 0.25) is 0 Å². The molecule has 0 aliphatic heterocycles. The maximum atomic E-state index is 2.32. The largest absolute Gasteiger partial charge is 0.0649 e. The molecule has 0 radical (unpaired) electrons. The van der Waals surface area contributed by atoms with Gasteiger partial charge in [0.2, 0.25) is 0 Å². The van der Waals surface area contributed by atoms with Gasteiger partial charge in [-0.25, -0.2) is 0 Å². The standard InChI is InChI=1S/C7H14.C6H12/c1-3-7(4-2)5-6-7;1-5-3-6(2)4-5/h3-6H2,1-2H3;5-6H,3-4H2,1-2H3. The van der Waals surface area contributed by atoms with Crippen molar-refractivity contribution in [2.45, 2.75) is 66.2 Å². The van der Waals surface area contributed by atoms with E-state index in [0.717, 1.165) is 17.3 Å². The molecule has 2 rings (SSSR count). The van der Waals surface area contributed by atoms with Crippen LogP contribution >= 0.6 is 0 Å². The summed E-state index contributed by atoms with van der Waals surface area (Å²) in [7, 11) is 0. The third-order valence-corrected chi connectivity index (χ3v) is 4.07. The second-order valence-electron chi connectivity index (χ2n) is 5.39. The Morgan fingerprint density at radius 2 is 1.31 bits per heavy atom. The first-order chi connectivity index (χ1) is 6.12. The summed E-state index contributed by atoms with van der Waals surface area (Å²) in [5.41, 5.74) is 0.833. The number of hydrogen-bond donors (Lipinski definition) is 0. The molecule has 0 heteroatoms. The zero-order chi connectivity index (χ0) is 9.90. The zero-order valence-corrected chi connectivity index (χ0v) is 9.90. The summed E-state index contributed by atoms with van der Waals surface area (Å²) in [5, 5.41) is 0. The van der Waals surface area contributed by atoms with Crippen LogP contribution in [0.5, 0.6) is 0 Å². The number of hydrogen-bond acceptors (Lipinski definition) is 0. The Kier molecular flexibility index (Phi) is 3.82. The van der Waals surface area contributed by atoms with Crippen molar-refractivity contribution in [3.05, 3.63) is 0 Å². The summed E-state index contributed by atoms with van der Waals surface area (Å²) in [6.07, 6.45) is 8.76. The molecular formula is C13H26. The monoisotopic (exact) mass is 182 g/mol. The van der Waals surface area contributed by atoms with Crippen molar-refractivity contribution in [3.8, 4) is 0 Å². The van der Waals surface area contributed by atoms with Gasteiger partial charge in [0.25, 0.3) is 0 Å². The van der Waals surface area contributed by atoms with Gasteiger partial charge < -0.3 is 0 Å². The van der Waals surface area contributed by atoms with E-state index >= 15 is 0 Å². The highest BCUT2D eigenvalue weighted by Gasteiger charge is 2.37. The van der Waals surface area contributed by atoms with Crippen molar-refractivity contribution in [3.63, 3.8) is 0 Å². The van der Waals surface area contributed by atoms with Crippen molar-refractivity contribution in [1.82, 2.24) is 0 Å². The normalized spacial score (nSPS) is 34.2. The van der Waals surface area contributed by atoms with Crippen LogP contribution in [0.25, 0.3) is 0 Å². The van der Waals surface area contributed by atoms with E-state index in [9.17, 15) is 0 Å². The molecule has 0 saturated heterocycles. The lowest BCUT2D eigenvalue weighted by Gasteiger charge is -2.28. The van der Waals surface area contributed by atoms with Crippen molar-refractivity contribution >= 4 is 0 Å². The fourth-order valence-electron chi connectivity index (χ4n) is 2.44. The predicted octanol–water partition coefficient (Wildman–Crippen LogP) is 4.64. The van der Waals surface area contributed by atoms with Gasteiger partial charge in [-0.1, -0.05) is 40.5 Å². The maximum Gasteiger partial charge on any atom is -0.0302 e. The zero-order valence-electron chi connectivity index (χ0n) is 9.90. The summed E-state index contributed by atoms with van der Waals surface area (Å²) in [4.78, 5) is 0. The van der Waals surface area contributed by atoms with Crippen LogP contribution in [0.15, 0.2) is 0 Å². The van der Waals surface area contributed by atoms with E-state index < -0.39 is 0 Å². The predicted molar refractivity (Wildman–Crippen MR) is 59.8 cm³/mol. The summed E-state index contributed by atoms with van der Waals surface area (Å²) < 4.78 is 0. The lowest BCUT2D eigenvalue weighted by Crippen LogP contribution is -2.16. The van der Waals surface area contributed by atoms with Crippen LogP contribution in [0.4, 0.5) is 0 Å². The van der Waals surface area contributed by atoms with Crippen LogP contribution in [0, 0.1) is 17.3 Å². The molecule has 13 heavy (non-hydrogen) atoms. The molecule has 0 nitrogen and oxygen atoms in total. The van der Waals surface area contributed by atoms with Gasteiger partial charge in [0, 0.05) is 0 Å². The van der Waals surface area contributed by atoms with Gasteiger partial charge in [0.05, 0.1) is 0 Å². The van der Waals surface area contributed by atoms with E-state index in [2.05, 4.69) is 27.7 Å². The Morgan fingerprint density at radius 3 is 1.31 bits per heavy atom. The summed E-state index contributed by atoms with van der Waals surface area (Å²) in [5.74, 6) is 2.08. The lowest BCUT2D eigenvalue weighted by molar-refractivity contribution is 0.233. The molecule has 0 atom stereocenters. The quantitative estimate of drug-likeness (QED) is 0.583. The second-order valence-corrected chi connectivity index (χ2v) is 5.39. The highest BCUT2D eigenvalue weighted by atomic mass is 14.4. The molecule has 0 N–H and O–H groups in total. The average molecular weight is 182 g/mol. The molecule has 2 aliphatic rings. The van der Waals surface area contributed by atoms with Gasteiger partial charge >= 0.3 is 0 Å². The van der Waals surface area contributed by atoms with Crippen LogP contribution in [0.3, 0.4) is 0 Å². The van der Waals surface area contributed by atoms with Crippen LogP contribution in [-0.2, 0) is 0 Å². The Morgan fingerprint density at radius 1 is 0.923 bits per heavy atom. The van der Waals surface area contributed by atoms with E-state index in [1.54, 1.807) is 0 Å². The minimum atomic E-state index is 0.833. The van der Waals surface area contributed by atoms with Gasteiger partial charge in [-0.15, -0.1) is 0 Å². The Hall–Kier alpha value is 0. The molecule has 0 aromatic carbocycles. The van der Waals surface area contributed by atoms with Gasteiger partial charge in [-0.3, -0.25) is 0 Å². The fraction of sp³-hybridized carbons (Fsp3) is 1.00. The smallest absolute Gasteiger partial charge is 0.0302 e. The van der Waals surface area contributed by atoms with Crippen LogP contribution in [0.1, 0.15) is 66.2 Å². The van der Waals surface area contributed by atoms with E-state index in [4.69, 9.17) is 0 Å². The fourth-order valence-corrected chi connectivity index (χ4v) is 2.44. The highest BCUT2D eigenvalue weighted by Crippen LogP contribution is 2.51. The van der Waals surface area contributed by atoms with E-state index in [1.807, 2.05) is 0 Å². The summed E-state index contributed by atoms with van der Waals surface area (Å²) in [6, 6.07) is 0. The minimum Gasteiger partial charge on any atom is -0.0649 e. The Balaban J connectivity index is 0.000000132. The van der Waals surface area contributed by atoms with E-state index in [-0.39, 0.29) is 0 Å². The molecule has 2 aliphatic carbocycles. The van der Waals surface area contributed by atoms with Gasteiger partial charge in [0.15, 0.2) is 0 Å². The molecule has 0 spiro atoms. The van der Waals surface area contributed by atoms with Gasteiger partial charge in [-0.2, -0.15) is 0 Å². The van der Waals surface area contributed by atoms with Crippen LogP contribution in [-0.4, -0.2) is 0 Å². The lowest BCUT2D eigenvalue weighted by atomic mass is 9.78. The van der Waals surface area contributed by atoms with Crippen molar-refractivity contribution in [2.75, 3.05) is 0 Å². The van der Waals surface area contributed by atoms with Crippen LogP contribution < -0.4 is 0 Å². The first-order valence-corrected chi connectivity index (χ1v) is 6.12. The SMILES string of the molecule is CC1CC(C)C1.CCC1(CC)CC1. The van der Waals surface area contributed by atoms with Crippen molar-refractivity contribution in [1.29, 1.82) is 0 Å². The molecule has 0 bridgehead atoms. The first-order valence-electron chi connectivity index (χ1n) is 6.12. The Bertz CT molecular complexity index is 126. The van der Waals surface area contributed by atoms with E-state index in [1.165, 1.54) is 38.5 Å². The molecule has 0 heterocycles. The van der Waals surface area contributed by atoms with Gasteiger partial charge in [0.1, 0.15) is 0 Å². The van der Waals surface area contributed by atoms with Crippen molar-refractivity contribution in [2.24, 2.45) is 17.3 Å². The third kappa shape index (κ3) is 3.32. The topological polar surface area (TPSA) is 0 Å². The number of rotatable bonds is 2. The molecule has 0 aromatic heterocycles. The maximum absolute atomic E-state index is 2.32. The molecule has 0 aromatic rings. The minimum absolute atomic E-state index is 0.833. The first kappa shape index (κ1) is 11.1. The third-order valence-electron chi connectivity index (χ3n) is 4.07. The summed E-state index contributed by atoms with van der Waals surface area (Å²) >= 11 is 0. The van der Waals surface area contributed by atoms with E-state index in [0.29, 0.717) is 0 Å². The van der Waals surface area contributed by atoms with Gasteiger partial charge in [-0.05, 0) is 42.9 Å². The molecular weight excluding hydrogens is 156 g/mol. The average Bonchev–Trinajstić information content (AvgIpc) is 2.84. The molecule has 2 fully saturated rings. The van der Waals surface area contributed by atoms with Crippen molar-refractivity contribution < 1.29 is 0 Å². The second kappa shape index (κ2) is 4.48. The highest BCUT2D eigenvalue weighted by molar-refractivity contribution is 4.89. The summed E-state index contributed by atoms with van der Waals surface area (Å²) in [6.45, 7) is 9.24. The molecule has 78 valence electrons. The Labute approximate surface area is 84.1 Å². The molecule has 0 amide bonds.